The van der Waals surface area contributed by atoms with Crippen LogP contribution in [-0.2, 0) is 4.79 Å². The lowest BCUT2D eigenvalue weighted by molar-refractivity contribution is -0.606. The molecule has 1 saturated heterocycles. The lowest BCUT2D eigenvalue weighted by atomic mass is 10.3. The Bertz CT molecular complexity index is 512. The molecule has 15 heavy (non-hydrogen) atoms. The van der Waals surface area contributed by atoms with Crippen molar-refractivity contribution in [2.45, 2.75) is 18.9 Å². The summed E-state index contributed by atoms with van der Waals surface area (Å²) in [5.41, 5.74) is 0.0550. The normalized spacial score (nSPS) is 23.9. The van der Waals surface area contributed by atoms with Crippen molar-refractivity contribution in [3.63, 3.8) is 0 Å². The second-order valence-corrected chi connectivity index (χ2v) is 3.24. The summed E-state index contributed by atoms with van der Waals surface area (Å²) in [7, 11) is 1.55. The van der Waals surface area contributed by atoms with E-state index in [-0.39, 0.29) is 34.7 Å². The van der Waals surface area contributed by atoms with Gasteiger partial charge in [-0.05, 0) is 12.5 Å². The molecule has 2 rings (SSSR count). The van der Waals surface area contributed by atoms with Crippen LogP contribution in [0.3, 0.4) is 0 Å². The number of amides is 1. The summed E-state index contributed by atoms with van der Waals surface area (Å²) in [6, 6.07) is -1.35. The summed E-state index contributed by atoms with van der Waals surface area (Å²) < 4.78 is 30.3. The molecule has 0 bridgehead atoms. The average Bonchev–Trinajstić information content (AvgIpc) is 2.66. The monoisotopic (exact) mass is 234 g/mol. The van der Waals surface area contributed by atoms with Gasteiger partial charge >= 0.3 is 0 Å². The molecule has 5 heteroatoms. The van der Waals surface area contributed by atoms with Gasteiger partial charge in [-0.25, -0.2) is 0 Å². The molecule has 0 radical (unpaired) electrons. The van der Waals surface area contributed by atoms with Gasteiger partial charge in [0.1, 0.15) is 2.74 Å². The van der Waals surface area contributed by atoms with Gasteiger partial charge in [0, 0.05) is 25.1 Å². The number of nitrogens with zero attached hydrogens (tertiary/aromatic N) is 2. The van der Waals surface area contributed by atoms with E-state index in [1.807, 2.05) is 0 Å². The minimum Gasteiger partial charge on any atom is -0.619 e. The van der Waals surface area contributed by atoms with Crippen LogP contribution in [-0.4, -0.2) is 17.9 Å². The number of carbonyl (C=O) groups excluding carboxylic acids is 1. The van der Waals surface area contributed by atoms with Crippen molar-refractivity contribution < 1.29 is 15.0 Å². The number of likely N-dealkylation sites (tertiary alicyclic amines) is 1. The highest BCUT2D eigenvalue weighted by molar-refractivity contribution is 5.85. The zero-order valence-electron chi connectivity index (χ0n) is 12.1. The molecule has 0 N–H and O–H groups in total. The van der Waals surface area contributed by atoms with Crippen LogP contribution in [0, 0.1) is 5.21 Å². The minimum atomic E-state index is -0.708. The number of rotatable bonds is 1. The maximum atomic E-state index is 11.5. The third kappa shape index (κ3) is 2.21. The second kappa shape index (κ2) is 4.49. The lowest BCUT2D eigenvalue weighted by Crippen LogP contribution is -2.28. The fourth-order valence-corrected chi connectivity index (χ4v) is 1.61. The fourth-order valence-electron chi connectivity index (χ4n) is 1.61. The Kier molecular flexibility index (Phi) is 2.11. The van der Waals surface area contributed by atoms with Gasteiger partial charge in [0.25, 0.3) is 0 Å². The van der Waals surface area contributed by atoms with E-state index in [1.165, 1.54) is 4.90 Å². The summed E-state index contributed by atoms with van der Waals surface area (Å²) in [5, 5.41) is 11.5. The zero-order valence-corrected chi connectivity index (χ0v) is 8.93. The van der Waals surface area contributed by atoms with Crippen LogP contribution in [0.1, 0.15) is 29.9 Å². The Labute approximate surface area is 100 Å². The molecule has 1 unspecified atom stereocenters. The number of carbonyl (C=O) groups is 1. The molecule has 1 aliphatic heterocycles. The molecular formula is C10H13ClN2O2. The van der Waals surface area contributed by atoms with Gasteiger partial charge in [0.05, 0.1) is 8.78 Å². The van der Waals surface area contributed by atoms with Gasteiger partial charge in [-0.3, -0.25) is 4.79 Å². The summed E-state index contributed by atoms with van der Waals surface area (Å²) in [5.74, 6) is -0.113. The topological polar surface area (TPSA) is 47.2 Å². The van der Waals surface area contributed by atoms with Gasteiger partial charge in [-0.2, -0.15) is 4.73 Å². The van der Waals surface area contributed by atoms with Crippen LogP contribution in [0.2, 0.25) is 0 Å². The Morgan fingerprint density at radius 1 is 1.73 bits per heavy atom. The van der Waals surface area contributed by atoms with Crippen molar-refractivity contribution in [1.82, 2.24) is 4.90 Å². The van der Waals surface area contributed by atoms with E-state index in [1.54, 1.807) is 7.05 Å². The molecule has 1 amide bonds. The molecule has 0 aromatic carbocycles. The van der Waals surface area contributed by atoms with E-state index in [0.717, 1.165) is 0 Å². The maximum absolute atomic E-state index is 11.5. The molecule has 2 heterocycles. The van der Waals surface area contributed by atoms with Crippen LogP contribution in [0.25, 0.3) is 0 Å². The molecule has 1 aliphatic rings. The van der Waals surface area contributed by atoms with Crippen LogP contribution in [0.15, 0.2) is 24.4 Å². The number of hydrogen-bond acceptors (Lipinski definition) is 2. The molecule has 1 atom stereocenters. The van der Waals surface area contributed by atoms with E-state index in [2.05, 4.69) is 0 Å². The van der Waals surface area contributed by atoms with E-state index in [0.29, 0.717) is 12.8 Å². The Balaban J connectivity index is 0.00000180. The molecule has 0 spiro atoms. The molecule has 82 valence electrons. The molecule has 0 saturated carbocycles. The van der Waals surface area contributed by atoms with Gasteiger partial charge in [0.2, 0.25) is 5.91 Å². The van der Waals surface area contributed by atoms with Gasteiger partial charge < -0.3 is 10.1 Å². The van der Waals surface area contributed by atoms with Crippen molar-refractivity contribution in [3.05, 3.63) is 35.2 Å². The van der Waals surface area contributed by atoms with Crippen molar-refractivity contribution in [1.29, 1.82) is 0 Å². The first-order valence-corrected chi connectivity index (χ1v) is 4.31. The van der Waals surface area contributed by atoms with E-state index >= 15 is 0 Å². The molecule has 4 nitrogen and oxygen atoms in total. The largest absolute Gasteiger partial charge is 0.619 e. The van der Waals surface area contributed by atoms with Crippen LogP contribution in [0.4, 0.5) is 0 Å². The number of pyridine rings is 1. The van der Waals surface area contributed by atoms with Crippen LogP contribution < -0.4 is 4.73 Å². The standard InChI is InChI=1S/C10H12N2O2.ClH/c1-11-9(4-5-10(11)13)8-3-2-6-12(14)7-8;/h2-3,6-7,9H,4-5H2,1H3;1H/i2D,3D,4+1,6D,7D,9+1;. The SMILES string of the molecule is Cl.[2H]c1c([2H])c([2H])[n+]([O-])c([2H])c1[13CH]1[13CH2]CC(=O)N1C. The first-order valence-electron chi connectivity index (χ1n) is 6.31. The molecule has 0 aliphatic carbocycles. The molecular weight excluding hydrogens is 218 g/mol. The van der Waals surface area contributed by atoms with Crippen molar-refractivity contribution in [2.75, 3.05) is 7.05 Å². The Morgan fingerprint density at radius 3 is 3.07 bits per heavy atom. The predicted molar refractivity (Wildman–Crippen MR) is 57.4 cm³/mol. The highest BCUT2D eigenvalue weighted by Gasteiger charge is 2.29. The van der Waals surface area contributed by atoms with Crippen molar-refractivity contribution >= 4 is 18.3 Å². The van der Waals surface area contributed by atoms with E-state index in [9.17, 15) is 10.0 Å². The lowest BCUT2D eigenvalue weighted by Gasteiger charge is -2.18. The average molecular weight is 235 g/mol. The highest BCUT2D eigenvalue weighted by atomic mass is 35.5. The summed E-state index contributed by atoms with van der Waals surface area (Å²) in [6.45, 7) is 0. The molecule has 1 aromatic heterocycles. The minimum absolute atomic E-state index is 0. The van der Waals surface area contributed by atoms with Gasteiger partial charge in [0.15, 0.2) is 12.3 Å². The molecule has 1 fully saturated rings. The quantitative estimate of drug-likeness (QED) is 0.414. The summed E-state index contributed by atoms with van der Waals surface area (Å²) in [6.07, 6.45) is -0.507. The maximum Gasteiger partial charge on any atom is 0.222 e. The number of hydrogen-bond donors (Lipinski definition) is 0. The Hall–Kier alpha value is -1.29. The third-order valence-electron chi connectivity index (χ3n) is 2.40. The smallest absolute Gasteiger partial charge is 0.222 e. The van der Waals surface area contributed by atoms with Gasteiger partial charge in [-0.1, -0.05) is 0 Å². The van der Waals surface area contributed by atoms with E-state index in [4.69, 9.17) is 5.48 Å². The second-order valence-electron chi connectivity index (χ2n) is 3.24. The Morgan fingerprint density at radius 2 is 2.47 bits per heavy atom. The third-order valence-corrected chi connectivity index (χ3v) is 2.40. The molecule has 1 aromatic rings. The van der Waals surface area contributed by atoms with Crippen LogP contribution >= 0.6 is 12.4 Å². The van der Waals surface area contributed by atoms with Crippen molar-refractivity contribution in [3.8, 4) is 0 Å². The summed E-state index contributed by atoms with van der Waals surface area (Å²) >= 11 is 0. The van der Waals surface area contributed by atoms with E-state index < -0.39 is 24.4 Å². The predicted octanol–water partition coefficient (Wildman–Crippen LogP) is 1.04. The fraction of sp³-hybridized carbons (Fsp3) is 0.400. The number of aromatic nitrogens is 1. The first-order chi connectivity index (χ1) is 8.36. The van der Waals surface area contributed by atoms with Crippen molar-refractivity contribution in [2.24, 2.45) is 0 Å². The summed E-state index contributed by atoms with van der Waals surface area (Å²) in [4.78, 5) is 12.8. The van der Waals surface area contributed by atoms with Crippen LogP contribution in [0.5, 0.6) is 0 Å². The number of halogens is 1. The zero-order chi connectivity index (χ0) is 13.6. The van der Waals surface area contributed by atoms with Gasteiger partial charge in [-0.15, -0.1) is 12.4 Å². The first kappa shape index (κ1) is 7.06. The highest BCUT2D eigenvalue weighted by Crippen LogP contribution is 2.30.